The fourth-order valence-electron chi connectivity index (χ4n) is 1.60. The second-order valence-corrected chi connectivity index (χ2v) is 4.07. The lowest BCUT2D eigenvalue weighted by Gasteiger charge is -2.17. The van der Waals surface area contributed by atoms with Gasteiger partial charge in [-0.2, -0.15) is 5.10 Å². The average molecular weight is 244 g/mol. The van der Waals surface area contributed by atoms with E-state index >= 15 is 0 Å². The van der Waals surface area contributed by atoms with Gasteiger partial charge in [-0.05, 0) is 36.2 Å². The highest BCUT2D eigenvalue weighted by molar-refractivity contribution is 5.36. The summed E-state index contributed by atoms with van der Waals surface area (Å²) in [6.45, 7) is 0.783. The molecule has 2 aromatic heterocycles. The van der Waals surface area contributed by atoms with E-state index in [1.54, 1.807) is 18.5 Å². The fourth-order valence-corrected chi connectivity index (χ4v) is 1.60. The van der Waals surface area contributed by atoms with Crippen LogP contribution in [0.15, 0.2) is 36.7 Å². The number of rotatable bonds is 5. The number of nitrogens with zero attached hydrogens (tertiary/aromatic N) is 4. The molecular weight excluding hydrogens is 228 g/mol. The summed E-state index contributed by atoms with van der Waals surface area (Å²) < 4.78 is 0. The number of pyridine rings is 1. The minimum absolute atomic E-state index is 0.0754. The smallest absolute Gasteiger partial charge is 0.150 e. The van der Waals surface area contributed by atoms with Crippen LogP contribution in [0, 0.1) is 0 Å². The average Bonchev–Trinajstić information content (AvgIpc) is 2.46. The number of likely N-dealkylation sites (N-methyl/N-ethyl adjacent to an activating group) is 1. The van der Waals surface area contributed by atoms with E-state index in [-0.39, 0.29) is 6.61 Å². The zero-order chi connectivity index (χ0) is 12.8. The molecule has 0 fully saturated rings. The number of aliphatic hydroxyl groups excluding tert-OH is 1. The topological polar surface area (TPSA) is 62.1 Å². The van der Waals surface area contributed by atoms with E-state index < -0.39 is 0 Å². The summed E-state index contributed by atoms with van der Waals surface area (Å²) >= 11 is 0. The van der Waals surface area contributed by atoms with Crippen molar-refractivity contribution in [3.05, 3.63) is 47.9 Å². The Hall–Kier alpha value is -2.01. The maximum atomic E-state index is 8.90. The van der Waals surface area contributed by atoms with Gasteiger partial charge in [-0.25, -0.2) is 0 Å². The van der Waals surface area contributed by atoms with Crippen LogP contribution in [0.1, 0.15) is 11.3 Å². The first-order valence-corrected chi connectivity index (χ1v) is 5.83. The predicted molar refractivity (Wildman–Crippen MR) is 69.2 cm³/mol. The Kier molecular flexibility index (Phi) is 4.20. The molecule has 0 aliphatic rings. The van der Waals surface area contributed by atoms with E-state index in [0.717, 1.165) is 18.8 Å². The van der Waals surface area contributed by atoms with Crippen LogP contribution in [-0.2, 0) is 13.0 Å². The third-order valence-electron chi connectivity index (χ3n) is 2.74. The molecule has 0 bridgehead atoms. The molecule has 0 saturated heterocycles. The molecule has 0 aliphatic heterocycles. The Labute approximate surface area is 106 Å². The summed E-state index contributed by atoms with van der Waals surface area (Å²) in [7, 11) is 1.98. The quantitative estimate of drug-likeness (QED) is 0.851. The van der Waals surface area contributed by atoms with E-state index in [0.29, 0.717) is 5.69 Å². The van der Waals surface area contributed by atoms with Gasteiger partial charge in [0.25, 0.3) is 0 Å². The lowest BCUT2D eigenvalue weighted by atomic mass is 10.2. The summed E-state index contributed by atoms with van der Waals surface area (Å²) in [6, 6.07) is 7.67. The van der Waals surface area contributed by atoms with Crippen molar-refractivity contribution in [2.24, 2.45) is 0 Å². The largest absolute Gasteiger partial charge is 0.390 e. The van der Waals surface area contributed by atoms with E-state index in [9.17, 15) is 0 Å². The molecule has 5 nitrogen and oxygen atoms in total. The molecule has 0 aromatic carbocycles. The van der Waals surface area contributed by atoms with Gasteiger partial charge in [0, 0.05) is 26.0 Å². The summed E-state index contributed by atoms with van der Waals surface area (Å²) in [5.41, 5.74) is 1.83. The molecule has 0 amide bonds. The number of aliphatic hydroxyl groups is 1. The molecule has 0 unspecified atom stereocenters. The summed E-state index contributed by atoms with van der Waals surface area (Å²) in [5.74, 6) is 0.807. The Morgan fingerprint density at radius 2 is 1.89 bits per heavy atom. The Morgan fingerprint density at radius 3 is 2.50 bits per heavy atom. The van der Waals surface area contributed by atoms with Gasteiger partial charge in [0.05, 0.1) is 12.3 Å². The molecule has 0 aliphatic carbocycles. The van der Waals surface area contributed by atoms with Crippen molar-refractivity contribution < 1.29 is 5.11 Å². The lowest BCUT2D eigenvalue weighted by Crippen LogP contribution is -2.21. The van der Waals surface area contributed by atoms with Gasteiger partial charge in [0.15, 0.2) is 5.82 Å². The molecule has 1 N–H and O–H groups in total. The molecule has 2 aromatic rings. The zero-order valence-electron chi connectivity index (χ0n) is 10.3. The Bertz CT molecular complexity index is 472. The first-order valence-electron chi connectivity index (χ1n) is 5.83. The molecule has 0 spiro atoms. The van der Waals surface area contributed by atoms with Crippen molar-refractivity contribution in [1.29, 1.82) is 0 Å². The van der Waals surface area contributed by atoms with Crippen molar-refractivity contribution in [2.45, 2.75) is 13.0 Å². The van der Waals surface area contributed by atoms with E-state index in [1.807, 2.05) is 30.1 Å². The fraction of sp³-hybridized carbons (Fsp3) is 0.308. The summed E-state index contributed by atoms with van der Waals surface area (Å²) in [6.07, 6.45) is 4.53. The third kappa shape index (κ3) is 3.24. The molecule has 18 heavy (non-hydrogen) atoms. The zero-order valence-corrected chi connectivity index (χ0v) is 10.3. The van der Waals surface area contributed by atoms with Crippen molar-refractivity contribution in [2.75, 3.05) is 18.5 Å². The molecule has 5 heteroatoms. The Balaban J connectivity index is 1.93. The second kappa shape index (κ2) is 6.07. The van der Waals surface area contributed by atoms with Crippen LogP contribution in [0.25, 0.3) is 0 Å². The van der Waals surface area contributed by atoms with Gasteiger partial charge >= 0.3 is 0 Å². The van der Waals surface area contributed by atoms with Crippen molar-refractivity contribution in [3.8, 4) is 0 Å². The summed E-state index contributed by atoms with van der Waals surface area (Å²) in [5, 5.41) is 16.9. The van der Waals surface area contributed by atoms with E-state index in [4.69, 9.17) is 5.11 Å². The van der Waals surface area contributed by atoms with Crippen LogP contribution in [0.5, 0.6) is 0 Å². The van der Waals surface area contributed by atoms with Crippen LogP contribution < -0.4 is 4.90 Å². The molecule has 2 rings (SSSR count). The van der Waals surface area contributed by atoms with Gasteiger partial charge < -0.3 is 10.0 Å². The van der Waals surface area contributed by atoms with E-state index in [2.05, 4.69) is 15.2 Å². The molecule has 0 saturated carbocycles. The van der Waals surface area contributed by atoms with Gasteiger partial charge in [0.1, 0.15) is 0 Å². The Morgan fingerprint density at radius 1 is 1.11 bits per heavy atom. The molecule has 2 heterocycles. The van der Waals surface area contributed by atoms with Crippen molar-refractivity contribution >= 4 is 5.82 Å². The monoisotopic (exact) mass is 244 g/mol. The molecular formula is C13H16N4O. The van der Waals surface area contributed by atoms with Crippen LogP contribution in [-0.4, -0.2) is 33.9 Å². The van der Waals surface area contributed by atoms with Gasteiger partial charge in [0.2, 0.25) is 0 Å². The highest BCUT2D eigenvalue weighted by Gasteiger charge is 2.03. The van der Waals surface area contributed by atoms with Gasteiger partial charge in [-0.3, -0.25) is 4.98 Å². The first kappa shape index (κ1) is 12.4. The van der Waals surface area contributed by atoms with Crippen LogP contribution in [0.4, 0.5) is 5.82 Å². The molecule has 94 valence electrons. The number of hydrogen-bond acceptors (Lipinski definition) is 5. The second-order valence-electron chi connectivity index (χ2n) is 4.07. The van der Waals surface area contributed by atoms with E-state index in [1.165, 1.54) is 5.56 Å². The van der Waals surface area contributed by atoms with Crippen molar-refractivity contribution in [1.82, 2.24) is 15.2 Å². The molecule has 0 radical (unpaired) electrons. The third-order valence-corrected chi connectivity index (χ3v) is 2.74. The number of anilines is 1. The van der Waals surface area contributed by atoms with Gasteiger partial charge in [-0.1, -0.05) is 0 Å². The normalized spacial score (nSPS) is 10.3. The van der Waals surface area contributed by atoms with Gasteiger partial charge in [-0.15, -0.1) is 5.10 Å². The number of aromatic nitrogens is 3. The maximum absolute atomic E-state index is 8.90. The summed E-state index contributed by atoms with van der Waals surface area (Å²) in [4.78, 5) is 6.03. The lowest BCUT2D eigenvalue weighted by molar-refractivity contribution is 0.275. The highest BCUT2D eigenvalue weighted by atomic mass is 16.3. The maximum Gasteiger partial charge on any atom is 0.150 e. The van der Waals surface area contributed by atoms with Crippen LogP contribution >= 0.6 is 0 Å². The highest BCUT2D eigenvalue weighted by Crippen LogP contribution is 2.08. The van der Waals surface area contributed by atoms with Crippen LogP contribution in [0.2, 0.25) is 0 Å². The SMILES string of the molecule is CN(CCc1ccncc1)c1ccc(CO)nn1. The predicted octanol–water partition coefficient (Wildman–Crippen LogP) is 1.04. The first-order chi connectivity index (χ1) is 8.79. The van der Waals surface area contributed by atoms with Crippen LogP contribution in [0.3, 0.4) is 0 Å². The standard InChI is InChI=1S/C13H16N4O/c1-17(9-6-11-4-7-14-8-5-11)13-3-2-12(10-18)15-16-13/h2-5,7-8,18H,6,9-10H2,1H3. The minimum Gasteiger partial charge on any atom is -0.390 e. The van der Waals surface area contributed by atoms with Crippen molar-refractivity contribution in [3.63, 3.8) is 0 Å². The molecule has 0 atom stereocenters. The minimum atomic E-state index is -0.0754. The number of hydrogen-bond donors (Lipinski definition) is 1.